The molecule has 31 heavy (non-hydrogen) atoms. The number of morpholine rings is 1. The van der Waals surface area contributed by atoms with E-state index in [1.54, 1.807) is 24.1 Å². The van der Waals surface area contributed by atoms with Crippen LogP contribution in [0.4, 0.5) is 0 Å². The molecule has 1 aromatic heterocycles. The van der Waals surface area contributed by atoms with E-state index in [9.17, 15) is 4.79 Å². The van der Waals surface area contributed by atoms with Crippen molar-refractivity contribution >= 4 is 5.91 Å². The molecular formula is C24H28N4O3. The number of aromatic nitrogens is 2. The van der Waals surface area contributed by atoms with Crippen LogP contribution in [0.15, 0.2) is 60.8 Å². The molecule has 1 fully saturated rings. The van der Waals surface area contributed by atoms with Gasteiger partial charge < -0.3 is 14.8 Å². The van der Waals surface area contributed by atoms with Gasteiger partial charge in [0.2, 0.25) is 0 Å². The van der Waals surface area contributed by atoms with Gasteiger partial charge in [-0.3, -0.25) is 9.69 Å². The zero-order valence-corrected chi connectivity index (χ0v) is 18.0. The lowest BCUT2D eigenvalue weighted by atomic mass is 10.0. The number of benzene rings is 2. The van der Waals surface area contributed by atoms with Gasteiger partial charge in [0.25, 0.3) is 5.91 Å². The van der Waals surface area contributed by atoms with Gasteiger partial charge in [0, 0.05) is 25.8 Å². The average molecular weight is 421 g/mol. The van der Waals surface area contributed by atoms with Crippen molar-refractivity contribution in [3.05, 3.63) is 77.6 Å². The first kappa shape index (κ1) is 21.1. The molecule has 1 unspecified atom stereocenters. The van der Waals surface area contributed by atoms with Gasteiger partial charge in [0.15, 0.2) is 5.69 Å². The maximum atomic E-state index is 12.9. The SMILES string of the molecule is COc1ccc(C)cc1-n1ccc(C(=O)NCC(c2ccccc2)N2CCOCC2)n1. The highest BCUT2D eigenvalue weighted by molar-refractivity contribution is 5.92. The highest BCUT2D eigenvalue weighted by Crippen LogP contribution is 2.24. The van der Waals surface area contributed by atoms with Gasteiger partial charge in [-0.15, -0.1) is 0 Å². The van der Waals surface area contributed by atoms with Gasteiger partial charge in [0.1, 0.15) is 11.4 Å². The van der Waals surface area contributed by atoms with Crippen molar-refractivity contribution in [1.29, 1.82) is 0 Å². The number of carbonyl (C=O) groups excluding carboxylic acids is 1. The molecule has 0 radical (unpaired) electrons. The summed E-state index contributed by atoms with van der Waals surface area (Å²) < 4.78 is 12.6. The lowest BCUT2D eigenvalue weighted by molar-refractivity contribution is 0.0162. The fourth-order valence-electron chi connectivity index (χ4n) is 3.86. The number of carbonyl (C=O) groups is 1. The Balaban J connectivity index is 1.48. The Bertz CT molecular complexity index is 1010. The van der Waals surface area contributed by atoms with E-state index in [0.29, 0.717) is 31.2 Å². The maximum absolute atomic E-state index is 12.9. The molecule has 1 aliphatic heterocycles. The summed E-state index contributed by atoms with van der Waals surface area (Å²) in [6.07, 6.45) is 1.78. The monoisotopic (exact) mass is 420 g/mol. The number of aryl methyl sites for hydroxylation is 1. The number of amides is 1. The predicted molar refractivity (Wildman–Crippen MR) is 119 cm³/mol. The van der Waals surface area contributed by atoms with E-state index in [0.717, 1.165) is 24.3 Å². The second-order valence-electron chi connectivity index (χ2n) is 7.61. The highest BCUT2D eigenvalue weighted by Gasteiger charge is 2.23. The van der Waals surface area contributed by atoms with Gasteiger partial charge in [-0.2, -0.15) is 5.10 Å². The number of nitrogens with one attached hydrogen (secondary N) is 1. The topological polar surface area (TPSA) is 68.6 Å². The third-order valence-corrected chi connectivity index (χ3v) is 5.53. The number of nitrogens with zero attached hydrogens (tertiary/aromatic N) is 3. The molecule has 0 spiro atoms. The first-order valence-corrected chi connectivity index (χ1v) is 10.5. The van der Waals surface area contributed by atoms with Gasteiger partial charge in [0.05, 0.1) is 26.4 Å². The van der Waals surface area contributed by atoms with Crippen LogP contribution in [0, 0.1) is 6.92 Å². The summed E-state index contributed by atoms with van der Waals surface area (Å²) in [5.74, 6) is 0.511. The zero-order chi connectivity index (χ0) is 21.6. The molecule has 0 saturated carbocycles. The van der Waals surface area contributed by atoms with Crippen LogP contribution < -0.4 is 10.1 Å². The van der Waals surface area contributed by atoms with E-state index >= 15 is 0 Å². The normalized spacial score (nSPS) is 15.4. The van der Waals surface area contributed by atoms with E-state index in [2.05, 4.69) is 27.4 Å². The van der Waals surface area contributed by atoms with Crippen LogP contribution in [0.5, 0.6) is 5.75 Å². The van der Waals surface area contributed by atoms with Crippen molar-refractivity contribution in [2.24, 2.45) is 0 Å². The fourth-order valence-corrected chi connectivity index (χ4v) is 3.86. The number of hydrogen-bond donors (Lipinski definition) is 1. The Morgan fingerprint density at radius 2 is 1.94 bits per heavy atom. The fraction of sp³-hybridized carbons (Fsp3) is 0.333. The Morgan fingerprint density at radius 3 is 2.68 bits per heavy atom. The van der Waals surface area contributed by atoms with Crippen molar-refractivity contribution in [3.8, 4) is 11.4 Å². The lowest BCUT2D eigenvalue weighted by Gasteiger charge is -2.34. The summed E-state index contributed by atoms with van der Waals surface area (Å²) in [5.41, 5.74) is 3.45. The summed E-state index contributed by atoms with van der Waals surface area (Å²) >= 11 is 0. The van der Waals surface area contributed by atoms with Gasteiger partial charge in [-0.1, -0.05) is 36.4 Å². The number of ether oxygens (including phenoxy) is 2. The Hall–Kier alpha value is -3.16. The van der Waals surface area contributed by atoms with E-state index in [1.165, 1.54) is 5.56 Å². The number of rotatable bonds is 7. The van der Waals surface area contributed by atoms with Crippen LogP contribution in [0.25, 0.3) is 5.69 Å². The summed E-state index contributed by atoms with van der Waals surface area (Å²) in [5, 5.41) is 7.56. The third-order valence-electron chi connectivity index (χ3n) is 5.53. The average Bonchev–Trinajstić information content (AvgIpc) is 3.31. The van der Waals surface area contributed by atoms with E-state index in [1.807, 2.05) is 43.3 Å². The molecule has 1 N–H and O–H groups in total. The number of hydrogen-bond acceptors (Lipinski definition) is 5. The first-order chi connectivity index (χ1) is 15.2. The Kier molecular flexibility index (Phi) is 6.64. The summed E-state index contributed by atoms with van der Waals surface area (Å²) in [7, 11) is 1.63. The molecule has 7 nitrogen and oxygen atoms in total. The molecule has 1 aliphatic rings. The smallest absolute Gasteiger partial charge is 0.271 e. The minimum absolute atomic E-state index is 0.0907. The highest BCUT2D eigenvalue weighted by atomic mass is 16.5. The second kappa shape index (κ2) is 9.76. The molecule has 2 aromatic carbocycles. The molecule has 1 saturated heterocycles. The van der Waals surface area contributed by atoms with Crippen LogP contribution >= 0.6 is 0 Å². The van der Waals surface area contributed by atoms with Crippen molar-refractivity contribution in [2.45, 2.75) is 13.0 Å². The van der Waals surface area contributed by atoms with Gasteiger partial charge in [-0.25, -0.2) is 4.68 Å². The van der Waals surface area contributed by atoms with E-state index < -0.39 is 0 Å². The minimum Gasteiger partial charge on any atom is -0.494 e. The molecular weight excluding hydrogens is 392 g/mol. The van der Waals surface area contributed by atoms with E-state index in [4.69, 9.17) is 9.47 Å². The van der Waals surface area contributed by atoms with Crippen molar-refractivity contribution in [1.82, 2.24) is 20.0 Å². The van der Waals surface area contributed by atoms with Crippen molar-refractivity contribution in [3.63, 3.8) is 0 Å². The maximum Gasteiger partial charge on any atom is 0.271 e. The predicted octanol–water partition coefficient (Wildman–Crippen LogP) is 2.99. The summed E-state index contributed by atoms with van der Waals surface area (Å²) in [4.78, 5) is 15.2. The van der Waals surface area contributed by atoms with Crippen molar-refractivity contribution < 1.29 is 14.3 Å². The Labute approximate surface area is 182 Å². The molecule has 1 atom stereocenters. The third kappa shape index (κ3) is 4.95. The molecule has 0 bridgehead atoms. The Morgan fingerprint density at radius 1 is 1.16 bits per heavy atom. The van der Waals surface area contributed by atoms with Crippen LogP contribution in [0.1, 0.15) is 27.7 Å². The summed E-state index contributed by atoms with van der Waals surface area (Å²) in [6.45, 7) is 5.62. The molecule has 4 rings (SSSR count). The quantitative estimate of drug-likeness (QED) is 0.636. The molecule has 3 aromatic rings. The minimum atomic E-state index is -0.195. The number of methoxy groups -OCH3 is 1. The van der Waals surface area contributed by atoms with Crippen LogP contribution in [-0.2, 0) is 4.74 Å². The van der Waals surface area contributed by atoms with Crippen LogP contribution in [0.2, 0.25) is 0 Å². The molecule has 7 heteroatoms. The first-order valence-electron chi connectivity index (χ1n) is 10.5. The van der Waals surface area contributed by atoms with Crippen LogP contribution in [-0.4, -0.2) is 60.5 Å². The molecule has 0 aliphatic carbocycles. The van der Waals surface area contributed by atoms with E-state index in [-0.39, 0.29) is 11.9 Å². The zero-order valence-electron chi connectivity index (χ0n) is 18.0. The standard InChI is InChI=1S/C24H28N4O3/c1-18-8-9-23(30-2)21(16-18)28-11-10-20(26-28)24(29)25-17-22(19-6-4-3-5-7-19)27-12-14-31-15-13-27/h3-11,16,22H,12-15,17H2,1-2H3,(H,25,29). The van der Waals surface area contributed by atoms with Gasteiger partial charge in [-0.05, 0) is 36.2 Å². The molecule has 2 heterocycles. The largest absolute Gasteiger partial charge is 0.494 e. The lowest BCUT2D eigenvalue weighted by Crippen LogP contribution is -2.43. The molecule has 1 amide bonds. The molecule has 162 valence electrons. The summed E-state index contributed by atoms with van der Waals surface area (Å²) in [6, 6.07) is 18.0. The van der Waals surface area contributed by atoms with Crippen molar-refractivity contribution in [2.75, 3.05) is 40.0 Å². The second-order valence-corrected chi connectivity index (χ2v) is 7.61. The van der Waals surface area contributed by atoms with Crippen LogP contribution in [0.3, 0.4) is 0 Å². The van der Waals surface area contributed by atoms with Gasteiger partial charge >= 0.3 is 0 Å².